The Hall–Kier alpha value is -1.00. The van der Waals surface area contributed by atoms with Gasteiger partial charge in [0.25, 0.3) is 0 Å². The Morgan fingerprint density at radius 1 is 0.857 bits per heavy atom. The summed E-state index contributed by atoms with van der Waals surface area (Å²) in [5, 5.41) is 11.8. The van der Waals surface area contributed by atoms with E-state index in [2.05, 4.69) is 28.2 Å². The van der Waals surface area contributed by atoms with Crippen LogP contribution in [0.5, 0.6) is 0 Å². The quantitative estimate of drug-likeness (QED) is 0.0949. The van der Waals surface area contributed by atoms with E-state index < -0.39 is 10.4 Å². The first kappa shape index (κ1) is 36.2. The van der Waals surface area contributed by atoms with E-state index in [-0.39, 0.29) is 19.1 Å². The molecule has 0 fully saturated rings. The van der Waals surface area contributed by atoms with Crippen LogP contribution in [0.3, 0.4) is 0 Å². The fraction of sp³-hybridized carbons (Fsp3) is 0.885. The SMILES string of the molecule is CCCCCCCCCCCCCCCC=CC(=O)NCCN(CC)CCO.CCOS(=O)(=O)O. The first-order valence-electron chi connectivity index (χ1n) is 13.7. The lowest BCUT2D eigenvalue weighted by Gasteiger charge is -2.18. The Bertz CT molecular complexity index is 584. The van der Waals surface area contributed by atoms with Crippen LogP contribution >= 0.6 is 0 Å². The lowest BCUT2D eigenvalue weighted by molar-refractivity contribution is -0.116. The van der Waals surface area contributed by atoms with Gasteiger partial charge in [-0.05, 0) is 32.4 Å². The van der Waals surface area contributed by atoms with Gasteiger partial charge in [-0.2, -0.15) is 8.42 Å². The molecule has 0 spiro atoms. The first-order chi connectivity index (χ1) is 16.8. The molecule has 0 rings (SSSR count). The number of rotatable bonds is 23. The van der Waals surface area contributed by atoms with Crippen LogP contribution in [0.25, 0.3) is 0 Å². The van der Waals surface area contributed by atoms with Crippen molar-refractivity contribution in [1.82, 2.24) is 10.2 Å². The van der Waals surface area contributed by atoms with Gasteiger partial charge in [0, 0.05) is 19.6 Å². The maximum atomic E-state index is 11.7. The molecule has 0 saturated heterocycles. The van der Waals surface area contributed by atoms with Crippen LogP contribution in [0, 0.1) is 0 Å². The Kier molecular flexibility index (Phi) is 28.5. The molecule has 0 aliphatic carbocycles. The lowest BCUT2D eigenvalue weighted by Crippen LogP contribution is -2.35. The molecule has 0 saturated carbocycles. The minimum Gasteiger partial charge on any atom is -0.395 e. The Balaban J connectivity index is 0. The van der Waals surface area contributed by atoms with E-state index in [1.54, 1.807) is 6.08 Å². The summed E-state index contributed by atoms with van der Waals surface area (Å²) in [7, 11) is -4.17. The largest absolute Gasteiger partial charge is 0.397 e. The first-order valence-corrected chi connectivity index (χ1v) is 15.1. The molecule has 9 heteroatoms. The van der Waals surface area contributed by atoms with Gasteiger partial charge in [0.15, 0.2) is 0 Å². The molecule has 0 heterocycles. The van der Waals surface area contributed by atoms with Crippen LogP contribution < -0.4 is 5.32 Å². The van der Waals surface area contributed by atoms with E-state index in [0.717, 1.165) is 19.5 Å². The second kappa shape index (κ2) is 27.6. The van der Waals surface area contributed by atoms with Crippen molar-refractivity contribution in [2.24, 2.45) is 0 Å². The molecule has 8 nitrogen and oxygen atoms in total. The number of hydrogen-bond donors (Lipinski definition) is 3. The van der Waals surface area contributed by atoms with Gasteiger partial charge in [-0.1, -0.05) is 97.0 Å². The monoisotopic (exact) mass is 522 g/mol. The van der Waals surface area contributed by atoms with Gasteiger partial charge in [-0.3, -0.25) is 14.2 Å². The Morgan fingerprint density at radius 2 is 1.37 bits per heavy atom. The average molecular weight is 523 g/mol. The van der Waals surface area contributed by atoms with Gasteiger partial charge in [-0.15, -0.1) is 0 Å². The van der Waals surface area contributed by atoms with Crippen molar-refractivity contribution in [1.29, 1.82) is 0 Å². The Labute approximate surface area is 215 Å². The van der Waals surface area contributed by atoms with E-state index in [1.165, 1.54) is 90.4 Å². The highest BCUT2D eigenvalue weighted by molar-refractivity contribution is 7.80. The van der Waals surface area contributed by atoms with Crippen LogP contribution in [0.4, 0.5) is 0 Å². The number of likely N-dealkylation sites (N-methyl/N-ethyl adjacent to an activating group) is 1. The number of nitrogens with zero attached hydrogens (tertiary/aromatic N) is 1. The molecule has 0 aliphatic heterocycles. The summed E-state index contributed by atoms with van der Waals surface area (Å²) in [6, 6.07) is 0. The highest BCUT2D eigenvalue weighted by Crippen LogP contribution is 2.13. The predicted molar refractivity (Wildman–Crippen MR) is 145 cm³/mol. The van der Waals surface area contributed by atoms with Gasteiger partial charge in [0.05, 0.1) is 13.2 Å². The maximum absolute atomic E-state index is 11.7. The van der Waals surface area contributed by atoms with Crippen molar-refractivity contribution in [3.8, 4) is 0 Å². The van der Waals surface area contributed by atoms with E-state index in [1.807, 2.05) is 6.08 Å². The van der Waals surface area contributed by atoms with E-state index in [4.69, 9.17) is 9.66 Å². The second-order valence-electron chi connectivity index (χ2n) is 8.72. The normalized spacial score (nSPS) is 11.6. The van der Waals surface area contributed by atoms with Crippen molar-refractivity contribution in [3.63, 3.8) is 0 Å². The highest BCUT2D eigenvalue weighted by Gasteiger charge is 2.01. The van der Waals surface area contributed by atoms with Crippen LogP contribution in [0.1, 0.15) is 111 Å². The van der Waals surface area contributed by atoms with Gasteiger partial charge in [0.2, 0.25) is 5.91 Å². The Morgan fingerprint density at radius 3 is 1.77 bits per heavy atom. The standard InChI is InChI=1S/C24H48N2O2.C2H6O4S/c1-3-5-6-7-8-9-10-11-12-13-14-15-16-17-18-19-24(28)25-20-21-26(4-2)22-23-27;1-2-6-7(3,4)5/h18-19,27H,3-17,20-23H2,1-2H3,(H,25,28);2H2,1H3,(H,3,4,5). The molecule has 0 aromatic heterocycles. The van der Waals surface area contributed by atoms with E-state index >= 15 is 0 Å². The summed E-state index contributed by atoms with van der Waals surface area (Å²) in [5.41, 5.74) is 0. The molecular formula is C26H54N2O6S. The summed E-state index contributed by atoms with van der Waals surface area (Å²) in [4.78, 5) is 13.9. The van der Waals surface area contributed by atoms with E-state index in [0.29, 0.717) is 13.1 Å². The van der Waals surface area contributed by atoms with Crippen molar-refractivity contribution in [2.75, 3.05) is 39.4 Å². The molecule has 0 atom stereocenters. The molecule has 35 heavy (non-hydrogen) atoms. The van der Waals surface area contributed by atoms with Gasteiger partial charge in [0.1, 0.15) is 0 Å². The summed E-state index contributed by atoms with van der Waals surface area (Å²) < 4.78 is 30.7. The molecule has 210 valence electrons. The number of allylic oxidation sites excluding steroid dienone is 1. The topological polar surface area (TPSA) is 116 Å². The van der Waals surface area contributed by atoms with Gasteiger partial charge >= 0.3 is 10.4 Å². The third kappa shape index (κ3) is 33.0. The van der Waals surface area contributed by atoms with E-state index in [9.17, 15) is 13.2 Å². The second-order valence-corrected chi connectivity index (χ2v) is 9.81. The van der Waals surface area contributed by atoms with Crippen molar-refractivity contribution in [2.45, 2.75) is 111 Å². The van der Waals surface area contributed by atoms with Crippen molar-refractivity contribution < 1.29 is 27.1 Å². The maximum Gasteiger partial charge on any atom is 0.397 e. The predicted octanol–water partition coefficient (Wildman–Crippen LogP) is 5.28. The molecule has 0 radical (unpaired) electrons. The molecule has 1 amide bonds. The molecular weight excluding hydrogens is 468 g/mol. The summed E-state index contributed by atoms with van der Waals surface area (Å²) in [5.74, 6) is -0.00487. The summed E-state index contributed by atoms with van der Waals surface area (Å²) in [6.45, 7) is 8.93. The summed E-state index contributed by atoms with van der Waals surface area (Å²) >= 11 is 0. The molecule has 3 N–H and O–H groups in total. The molecule has 0 unspecified atom stereocenters. The number of aliphatic hydroxyl groups is 1. The fourth-order valence-electron chi connectivity index (χ4n) is 3.58. The molecule has 0 aromatic carbocycles. The highest BCUT2D eigenvalue weighted by atomic mass is 32.3. The minimum absolute atomic E-state index is 0.00487. The number of hydrogen-bond acceptors (Lipinski definition) is 6. The fourth-order valence-corrected chi connectivity index (χ4v) is 3.88. The van der Waals surface area contributed by atoms with Crippen LogP contribution in [-0.2, 0) is 19.4 Å². The molecule has 0 aromatic rings. The summed E-state index contributed by atoms with van der Waals surface area (Å²) in [6.07, 6.45) is 22.5. The number of carbonyl (C=O) groups excluding carboxylic acids is 1. The lowest BCUT2D eigenvalue weighted by atomic mass is 10.0. The number of amides is 1. The minimum atomic E-state index is -4.17. The molecule has 0 aliphatic rings. The number of carbonyl (C=O) groups is 1. The van der Waals surface area contributed by atoms with Crippen LogP contribution in [-0.4, -0.2) is 68.3 Å². The zero-order valence-corrected chi connectivity index (χ0v) is 23.5. The third-order valence-corrected chi connectivity index (χ3v) is 6.13. The van der Waals surface area contributed by atoms with Gasteiger partial charge < -0.3 is 10.4 Å². The number of nitrogens with one attached hydrogen (secondary N) is 1. The third-order valence-electron chi connectivity index (χ3n) is 5.60. The van der Waals surface area contributed by atoms with Crippen LogP contribution in [0.15, 0.2) is 12.2 Å². The van der Waals surface area contributed by atoms with Crippen molar-refractivity contribution >= 4 is 16.3 Å². The van der Waals surface area contributed by atoms with Crippen molar-refractivity contribution in [3.05, 3.63) is 12.2 Å². The zero-order valence-electron chi connectivity index (χ0n) is 22.7. The van der Waals surface area contributed by atoms with Gasteiger partial charge in [-0.25, -0.2) is 4.18 Å². The average Bonchev–Trinajstić information content (AvgIpc) is 2.80. The zero-order chi connectivity index (χ0) is 26.6. The number of unbranched alkanes of at least 4 members (excludes halogenated alkanes) is 13. The molecule has 0 bridgehead atoms. The number of aliphatic hydroxyl groups excluding tert-OH is 1. The van der Waals surface area contributed by atoms with Crippen LogP contribution in [0.2, 0.25) is 0 Å². The smallest absolute Gasteiger partial charge is 0.395 e.